The highest BCUT2D eigenvalue weighted by Gasteiger charge is 2.33. The van der Waals surface area contributed by atoms with Gasteiger partial charge in [-0.25, -0.2) is 4.21 Å². The van der Waals surface area contributed by atoms with E-state index in [1.54, 1.807) is 16.6 Å². The Morgan fingerprint density at radius 1 is 1.22 bits per heavy atom. The van der Waals surface area contributed by atoms with Gasteiger partial charge >= 0.3 is 6.36 Å². The highest BCUT2D eigenvalue weighted by atomic mass is 32.2. The molecule has 4 heterocycles. The van der Waals surface area contributed by atoms with Crippen LogP contribution in [-0.4, -0.2) is 101 Å². The van der Waals surface area contributed by atoms with Crippen molar-refractivity contribution >= 4 is 28.1 Å². The smallest absolute Gasteiger partial charge is 0.486 e. The average molecular weight is 541 g/mol. The largest absolute Gasteiger partial charge is 0.573 e. The van der Waals surface area contributed by atoms with Crippen molar-refractivity contribution in [3.05, 3.63) is 24.3 Å². The van der Waals surface area contributed by atoms with Gasteiger partial charge in [0, 0.05) is 58.1 Å². The standard InChI is InChI=1S/C22H27F3N8O3S/c1-30-12-13-35-18-17(30)20-28-27-19(15-4-3-5-16(14-15)36-22(23,24)25)33(20)29-21(18)32(37(2)34)11-10-31-8-6-26-7-9-31/h3-5,14,26H,6-13H2,1-2H3. The minimum Gasteiger partial charge on any atom is -0.486 e. The van der Waals surface area contributed by atoms with E-state index in [0.717, 1.165) is 26.2 Å². The van der Waals surface area contributed by atoms with Crippen molar-refractivity contribution in [1.29, 1.82) is 0 Å². The van der Waals surface area contributed by atoms with Crippen LogP contribution < -0.4 is 24.0 Å². The Morgan fingerprint density at radius 2 is 2.00 bits per heavy atom. The average Bonchev–Trinajstić information content (AvgIpc) is 3.27. The van der Waals surface area contributed by atoms with Crippen LogP contribution >= 0.6 is 0 Å². The van der Waals surface area contributed by atoms with Crippen LogP contribution in [0.4, 0.5) is 24.7 Å². The molecular formula is C22H27F3N8O3S. The molecule has 0 aliphatic carbocycles. The van der Waals surface area contributed by atoms with E-state index in [1.165, 1.54) is 22.7 Å². The second-order valence-electron chi connectivity index (χ2n) is 8.72. The zero-order chi connectivity index (χ0) is 26.2. The number of likely N-dealkylation sites (N-methyl/N-ethyl adjacent to an activating group) is 1. The maximum absolute atomic E-state index is 12.9. The van der Waals surface area contributed by atoms with Crippen molar-refractivity contribution in [3.63, 3.8) is 0 Å². The number of hydrogen-bond acceptors (Lipinski definition) is 9. The lowest BCUT2D eigenvalue weighted by Gasteiger charge is -2.33. The van der Waals surface area contributed by atoms with Gasteiger partial charge in [-0.1, -0.05) is 12.1 Å². The monoisotopic (exact) mass is 540 g/mol. The first-order valence-corrected chi connectivity index (χ1v) is 13.3. The quantitative estimate of drug-likeness (QED) is 0.478. The molecule has 11 nitrogen and oxygen atoms in total. The number of aromatic nitrogens is 4. The minimum absolute atomic E-state index is 0.217. The number of nitrogens with one attached hydrogen (secondary N) is 1. The number of piperazine rings is 1. The molecule has 2 aliphatic heterocycles. The van der Waals surface area contributed by atoms with E-state index in [1.807, 2.05) is 11.9 Å². The van der Waals surface area contributed by atoms with Crippen LogP contribution in [0.3, 0.4) is 0 Å². The maximum Gasteiger partial charge on any atom is 0.573 e. The molecule has 3 aromatic rings. The second kappa shape index (κ2) is 10.3. The predicted octanol–water partition coefficient (Wildman–Crippen LogP) is 1.52. The summed E-state index contributed by atoms with van der Waals surface area (Å²) in [5.41, 5.74) is 1.33. The summed E-state index contributed by atoms with van der Waals surface area (Å²) >= 11 is 0. The number of alkyl halides is 3. The first kappa shape index (κ1) is 25.5. The van der Waals surface area contributed by atoms with Gasteiger partial charge in [0.15, 0.2) is 11.6 Å². The van der Waals surface area contributed by atoms with Crippen LogP contribution in [0.2, 0.25) is 0 Å². The Kier molecular flexibility index (Phi) is 7.09. The van der Waals surface area contributed by atoms with Crippen molar-refractivity contribution < 1.29 is 26.9 Å². The van der Waals surface area contributed by atoms with E-state index in [-0.39, 0.29) is 11.6 Å². The molecule has 0 bridgehead atoms. The van der Waals surface area contributed by atoms with E-state index in [0.29, 0.717) is 54.7 Å². The molecule has 5 rings (SSSR count). The number of anilines is 2. The summed E-state index contributed by atoms with van der Waals surface area (Å²) in [6, 6.07) is 5.47. The highest BCUT2D eigenvalue weighted by molar-refractivity contribution is 7.85. The Hall–Kier alpha value is -3.17. The van der Waals surface area contributed by atoms with Crippen molar-refractivity contribution in [2.24, 2.45) is 0 Å². The lowest BCUT2D eigenvalue weighted by molar-refractivity contribution is -0.274. The maximum atomic E-state index is 12.9. The predicted molar refractivity (Wildman–Crippen MR) is 132 cm³/mol. The van der Waals surface area contributed by atoms with Crippen LogP contribution in [0.25, 0.3) is 17.0 Å². The molecular weight excluding hydrogens is 513 g/mol. The first-order chi connectivity index (χ1) is 17.7. The third kappa shape index (κ3) is 5.43. The molecule has 1 aromatic carbocycles. The molecule has 0 saturated carbocycles. The molecule has 0 radical (unpaired) electrons. The fourth-order valence-corrected chi connectivity index (χ4v) is 5.14. The van der Waals surface area contributed by atoms with Gasteiger partial charge in [0.2, 0.25) is 11.5 Å². The summed E-state index contributed by atoms with van der Waals surface area (Å²) in [6.45, 7) is 5.67. The van der Waals surface area contributed by atoms with E-state index >= 15 is 0 Å². The zero-order valence-electron chi connectivity index (χ0n) is 20.4. The van der Waals surface area contributed by atoms with E-state index in [9.17, 15) is 17.4 Å². The number of hydrogen-bond donors (Lipinski definition) is 1. The molecule has 15 heteroatoms. The van der Waals surface area contributed by atoms with Gasteiger partial charge in [-0.2, -0.15) is 4.52 Å². The topological polar surface area (TPSA) is 100 Å². The van der Waals surface area contributed by atoms with Gasteiger partial charge in [0.1, 0.15) is 29.0 Å². The lowest BCUT2D eigenvalue weighted by Crippen LogP contribution is -2.46. The second-order valence-corrected chi connectivity index (χ2v) is 10.0. The number of halogens is 3. The molecule has 1 saturated heterocycles. The van der Waals surface area contributed by atoms with E-state index in [2.05, 4.69) is 25.2 Å². The first-order valence-electron chi connectivity index (χ1n) is 11.7. The highest BCUT2D eigenvalue weighted by Crippen LogP contribution is 2.42. The third-order valence-corrected chi connectivity index (χ3v) is 7.20. The molecule has 2 aliphatic rings. The van der Waals surface area contributed by atoms with Crippen molar-refractivity contribution in [2.75, 3.05) is 74.9 Å². The van der Waals surface area contributed by atoms with E-state index in [4.69, 9.17) is 9.84 Å². The lowest BCUT2D eigenvalue weighted by atomic mass is 10.2. The summed E-state index contributed by atoms with van der Waals surface area (Å²) in [6.07, 6.45) is -3.25. The number of fused-ring (bicyclic) bond motifs is 3. The fourth-order valence-electron chi connectivity index (χ4n) is 4.44. The third-order valence-electron chi connectivity index (χ3n) is 6.22. The van der Waals surface area contributed by atoms with Gasteiger partial charge in [0.05, 0.1) is 6.54 Å². The minimum atomic E-state index is -4.83. The molecule has 1 fully saturated rings. The SMILES string of the molecule is CN1CCOc2c(N(CCN3CCNCC3)S(C)=O)nn3c(-c4cccc(OC(F)(F)F)c4)nnc3c21. The molecule has 200 valence electrons. The summed E-state index contributed by atoms with van der Waals surface area (Å²) in [5.74, 6) is 0.640. The summed E-state index contributed by atoms with van der Waals surface area (Å²) < 4.78 is 64.5. The normalized spacial score (nSPS) is 17.4. The molecule has 0 spiro atoms. The molecule has 1 N–H and O–H groups in total. The number of nitrogens with zero attached hydrogens (tertiary/aromatic N) is 7. The van der Waals surface area contributed by atoms with Gasteiger partial charge in [0.25, 0.3) is 0 Å². The summed E-state index contributed by atoms with van der Waals surface area (Å²) in [4.78, 5) is 4.23. The van der Waals surface area contributed by atoms with Gasteiger partial charge < -0.3 is 19.7 Å². The Balaban J connectivity index is 1.59. The Morgan fingerprint density at radius 3 is 2.73 bits per heavy atom. The number of benzene rings is 1. The van der Waals surface area contributed by atoms with Crippen LogP contribution in [0.1, 0.15) is 0 Å². The van der Waals surface area contributed by atoms with Crippen molar-refractivity contribution in [1.82, 2.24) is 30.0 Å². The van der Waals surface area contributed by atoms with Crippen LogP contribution in [0.15, 0.2) is 24.3 Å². The van der Waals surface area contributed by atoms with E-state index < -0.39 is 17.3 Å². The van der Waals surface area contributed by atoms with Crippen molar-refractivity contribution in [2.45, 2.75) is 6.36 Å². The fraction of sp³-hybridized carbons (Fsp3) is 0.500. The van der Waals surface area contributed by atoms with Gasteiger partial charge in [-0.05, 0) is 12.1 Å². The molecule has 2 aromatic heterocycles. The van der Waals surface area contributed by atoms with Crippen molar-refractivity contribution in [3.8, 4) is 22.9 Å². The Labute approximate surface area is 213 Å². The molecule has 1 atom stereocenters. The number of rotatable bonds is 7. The summed E-state index contributed by atoms with van der Waals surface area (Å²) in [5, 5.41) is 16.6. The van der Waals surface area contributed by atoms with Gasteiger partial charge in [-0.15, -0.1) is 28.5 Å². The number of ether oxygens (including phenoxy) is 2. The Bertz CT molecular complexity index is 1300. The van der Waals surface area contributed by atoms with Crippen LogP contribution in [-0.2, 0) is 11.0 Å². The van der Waals surface area contributed by atoms with Crippen LogP contribution in [0.5, 0.6) is 11.5 Å². The van der Waals surface area contributed by atoms with Crippen LogP contribution in [0, 0.1) is 0 Å². The molecule has 37 heavy (non-hydrogen) atoms. The summed E-state index contributed by atoms with van der Waals surface area (Å²) in [7, 11) is 0.446. The molecule has 1 unspecified atom stereocenters. The van der Waals surface area contributed by atoms with Gasteiger partial charge in [-0.3, -0.25) is 9.21 Å². The molecule has 0 amide bonds. The zero-order valence-corrected chi connectivity index (χ0v) is 21.2.